The molecule has 8 nitrogen and oxygen atoms in total. The summed E-state index contributed by atoms with van der Waals surface area (Å²) in [4.78, 5) is 34.5. The Morgan fingerprint density at radius 3 is 2.94 bits per heavy atom. The number of esters is 1. The molecule has 1 saturated heterocycles. The Morgan fingerprint density at radius 1 is 1.25 bits per heavy atom. The Bertz CT molecular complexity index is 1180. The smallest absolute Gasteiger partial charge is 0.320 e. The number of rotatable bonds is 6. The summed E-state index contributed by atoms with van der Waals surface area (Å²) < 4.78 is 6.06. The maximum atomic E-state index is 12.4. The van der Waals surface area contributed by atoms with Crippen LogP contribution >= 0.6 is 15.9 Å². The molecule has 1 amide bonds. The Hall–Kier alpha value is -3.30. The molecule has 32 heavy (non-hydrogen) atoms. The molecule has 2 N–H and O–H groups in total. The molecule has 1 aliphatic heterocycles. The van der Waals surface area contributed by atoms with Gasteiger partial charge in [0.15, 0.2) is 0 Å². The highest BCUT2D eigenvalue weighted by atomic mass is 79.9. The summed E-state index contributed by atoms with van der Waals surface area (Å²) in [7, 11) is 0. The number of nitrogens with one attached hydrogen (secondary N) is 2. The standard InChI is InChI=1S/C23H22BrN5O3/c1-15-12-29(13-22(31)32-15)9-3-6-21(30)27-18-7-8-20-19(11-18)23(26-14-25-20)28-17-5-2-4-16(24)10-17/h2-8,10-11,14-15H,9,12-13H2,1H3,(H,27,30)(H,25,26,28). The lowest BCUT2D eigenvalue weighted by Crippen LogP contribution is -2.44. The van der Waals surface area contributed by atoms with Gasteiger partial charge in [0.25, 0.3) is 0 Å². The number of nitrogens with zero attached hydrogens (tertiary/aromatic N) is 3. The van der Waals surface area contributed by atoms with Crippen LogP contribution in [0.25, 0.3) is 10.9 Å². The molecule has 0 spiro atoms. The first-order valence-electron chi connectivity index (χ1n) is 10.1. The number of fused-ring (bicyclic) bond motifs is 1. The molecule has 164 valence electrons. The van der Waals surface area contributed by atoms with E-state index in [1.807, 2.05) is 48.2 Å². The van der Waals surface area contributed by atoms with Crippen molar-refractivity contribution < 1.29 is 14.3 Å². The van der Waals surface area contributed by atoms with Crippen molar-refractivity contribution >= 4 is 55.9 Å². The molecule has 0 aliphatic carbocycles. The van der Waals surface area contributed by atoms with Gasteiger partial charge >= 0.3 is 5.97 Å². The zero-order chi connectivity index (χ0) is 22.5. The van der Waals surface area contributed by atoms with Crippen LogP contribution in [0.2, 0.25) is 0 Å². The SMILES string of the molecule is CC1CN(CC=CC(=O)Nc2ccc3ncnc(Nc4cccc(Br)c4)c3c2)CC(=O)O1. The Labute approximate surface area is 193 Å². The summed E-state index contributed by atoms with van der Waals surface area (Å²) in [5.41, 5.74) is 2.28. The van der Waals surface area contributed by atoms with Gasteiger partial charge in [-0.15, -0.1) is 0 Å². The van der Waals surface area contributed by atoms with Crippen LogP contribution in [-0.2, 0) is 14.3 Å². The number of amides is 1. The van der Waals surface area contributed by atoms with E-state index >= 15 is 0 Å². The van der Waals surface area contributed by atoms with Gasteiger partial charge in [0.1, 0.15) is 18.2 Å². The van der Waals surface area contributed by atoms with E-state index in [0.29, 0.717) is 24.6 Å². The third-order valence-corrected chi connectivity index (χ3v) is 5.32. The first-order chi connectivity index (χ1) is 15.5. The Kier molecular flexibility index (Phi) is 6.77. The third-order valence-electron chi connectivity index (χ3n) is 4.82. The molecule has 4 rings (SSSR count). The topological polar surface area (TPSA) is 96.5 Å². The number of halogens is 1. The average Bonchev–Trinajstić information content (AvgIpc) is 2.73. The fraction of sp³-hybridized carbons (Fsp3) is 0.217. The third kappa shape index (κ3) is 5.68. The molecule has 1 atom stereocenters. The van der Waals surface area contributed by atoms with Gasteiger partial charge in [0.2, 0.25) is 5.91 Å². The zero-order valence-electron chi connectivity index (χ0n) is 17.4. The van der Waals surface area contributed by atoms with Crippen LogP contribution in [0.1, 0.15) is 6.92 Å². The van der Waals surface area contributed by atoms with E-state index in [1.165, 1.54) is 12.4 Å². The largest absolute Gasteiger partial charge is 0.460 e. The number of aromatic nitrogens is 2. The first-order valence-corrected chi connectivity index (χ1v) is 10.9. The molecule has 1 unspecified atom stereocenters. The lowest BCUT2D eigenvalue weighted by atomic mass is 10.2. The van der Waals surface area contributed by atoms with Gasteiger partial charge in [0.05, 0.1) is 12.1 Å². The van der Waals surface area contributed by atoms with E-state index in [0.717, 1.165) is 21.1 Å². The van der Waals surface area contributed by atoms with Gasteiger partial charge < -0.3 is 15.4 Å². The summed E-state index contributed by atoms with van der Waals surface area (Å²) in [6.07, 6.45) is 4.57. The van der Waals surface area contributed by atoms with Gasteiger partial charge in [-0.25, -0.2) is 9.97 Å². The maximum absolute atomic E-state index is 12.4. The minimum atomic E-state index is -0.254. The van der Waals surface area contributed by atoms with Crippen molar-refractivity contribution in [3.8, 4) is 0 Å². The minimum absolute atomic E-state index is 0.141. The van der Waals surface area contributed by atoms with E-state index in [4.69, 9.17) is 4.74 Å². The van der Waals surface area contributed by atoms with Gasteiger partial charge in [-0.3, -0.25) is 14.5 Å². The van der Waals surface area contributed by atoms with Crippen molar-refractivity contribution in [3.63, 3.8) is 0 Å². The molecule has 2 aromatic carbocycles. The molecule has 9 heteroatoms. The molecule has 2 heterocycles. The number of morpholine rings is 1. The van der Waals surface area contributed by atoms with Crippen LogP contribution in [0.5, 0.6) is 0 Å². The number of carbonyl (C=O) groups is 2. The summed E-state index contributed by atoms with van der Waals surface area (Å²) in [6.45, 7) is 3.23. The van der Waals surface area contributed by atoms with E-state index in [9.17, 15) is 9.59 Å². The fourth-order valence-corrected chi connectivity index (χ4v) is 3.88. The van der Waals surface area contributed by atoms with Gasteiger partial charge in [0, 0.05) is 40.4 Å². The second-order valence-electron chi connectivity index (χ2n) is 7.48. The number of hydrogen-bond donors (Lipinski definition) is 2. The van der Waals surface area contributed by atoms with Gasteiger partial charge in [-0.05, 0) is 43.3 Å². The summed E-state index contributed by atoms with van der Waals surface area (Å²) in [5.74, 6) is 0.147. The number of cyclic esters (lactones) is 1. The predicted octanol–water partition coefficient (Wildman–Crippen LogP) is 3.88. The lowest BCUT2D eigenvalue weighted by Gasteiger charge is -2.29. The number of hydrogen-bond acceptors (Lipinski definition) is 7. The highest BCUT2D eigenvalue weighted by molar-refractivity contribution is 9.10. The van der Waals surface area contributed by atoms with Crippen molar-refractivity contribution in [3.05, 3.63) is 65.4 Å². The maximum Gasteiger partial charge on any atom is 0.320 e. The number of ether oxygens (including phenoxy) is 1. The molecule has 3 aromatic rings. The molecular formula is C23H22BrN5O3. The fourth-order valence-electron chi connectivity index (χ4n) is 3.48. The molecule has 1 aliphatic rings. The average molecular weight is 496 g/mol. The normalized spacial score (nSPS) is 16.8. The molecule has 1 fully saturated rings. The van der Waals surface area contributed by atoms with E-state index < -0.39 is 0 Å². The second kappa shape index (κ2) is 9.88. The van der Waals surface area contributed by atoms with E-state index in [2.05, 4.69) is 36.5 Å². The molecule has 1 aromatic heterocycles. The van der Waals surface area contributed by atoms with Crippen LogP contribution in [0, 0.1) is 0 Å². The van der Waals surface area contributed by atoms with Crippen LogP contribution in [0.15, 0.2) is 65.4 Å². The molecule has 0 bridgehead atoms. The van der Waals surface area contributed by atoms with Crippen molar-refractivity contribution in [2.45, 2.75) is 13.0 Å². The zero-order valence-corrected chi connectivity index (χ0v) is 19.0. The van der Waals surface area contributed by atoms with Crippen LogP contribution < -0.4 is 10.6 Å². The highest BCUT2D eigenvalue weighted by Gasteiger charge is 2.22. The van der Waals surface area contributed by atoms with Crippen molar-refractivity contribution in [2.24, 2.45) is 0 Å². The quantitative estimate of drug-likeness (QED) is 0.395. The van der Waals surface area contributed by atoms with Gasteiger partial charge in [-0.2, -0.15) is 0 Å². The predicted molar refractivity (Wildman–Crippen MR) is 127 cm³/mol. The lowest BCUT2D eigenvalue weighted by molar-refractivity contribution is -0.156. The van der Waals surface area contributed by atoms with Crippen LogP contribution in [-0.4, -0.2) is 52.5 Å². The molecule has 0 saturated carbocycles. The Balaban J connectivity index is 1.44. The van der Waals surface area contributed by atoms with Crippen molar-refractivity contribution in [1.82, 2.24) is 14.9 Å². The molecule has 0 radical (unpaired) electrons. The van der Waals surface area contributed by atoms with Gasteiger partial charge in [-0.1, -0.05) is 28.1 Å². The summed E-state index contributed by atoms with van der Waals surface area (Å²) in [6, 6.07) is 13.2. The van der Waals surface area contributed by atoms with Crippen molar-refractivity contribution in [2.75, 3.05) is 30.3 Å². The minimum Gasteiger partial charge on any atom is -0.460 e. The van der Waals surface area contributed by atoms with E-state index in [-0.39, 0.29) is 24.5 Å². The summed E-state index contributed by atoms with van der Waals surface area (Å²) >= 11 is 3.46. The molecular weight excluding hydrogens is 474 g/mol. The number of carbonyl (C=O) groups excluding carboxylic acids is 2. The first kappa shape index (κ1) is 21.9. The number of anilines is 3. The Morgan fingerprint density at radius 2 is 2.12 bits per heavy atom. The second-order valence-corrected chi connectivity index (χ2v) is 8.39. The van der Waals surface area contributed by atoms with Crippen LogP contribution in [0.3, 0.4) is 0 Å². The monoisotopic (exact) mass is 495 g/mol. The highest BCUT2D eigenvalue weighted by Crippen LogP contribution is 2.27. The van der Waals surface area contributed by atoms with Crippen molar-refractivity contribution in [1.29, 1.82) is 0 Å². The van der Waals surface area contributed by atoms with Crippen LogP contribution in [0.4, 0.5) is 17.2 Å². The van der Waals surface area contributed by atoms with E-state index in [1.54, 1.807) is 12.1 Å². The number of benzene rings is 2. The summed E-state index contributed by atoms with van der Waals surface area (Å²) in [5, 5.41) is 6.94.